The molecule has 0 aliphatic heterocycles. The van der Waals surface area contributed by atoms with Crippen molar-refractivity contribution in [2.75, 3.05) is 19.8 Å². The highest BCUT2D eigenvalue weighted by Gasteiger charge is 2.12. The Balaban J connectivity index is 1.75. The van der Waals surface area contributed by atoms with Crippen molar-refractivity contribution < 1.29 is 4.74 Å². The molecule has 0 aromatic carbocycles. The molecule has 1 rings (SSSR count). The number of unbranched alkanes of at least 4 members (excludes halogenated alkanes) is 1. The first-order valence-electron chi connectivity index (χ1n) is 6.24. The molecule has 0 heterocycles. The second kappa shape index (κ2) is 8.25. The Kier molecular flexibility index (Phi) is 7.06. The van der Waals surface area contributed by atoms with E-state index < -0.39 is 0 Å². The van der Waals surface area contributed by atoms with E-state index >= 15 is 0 Å². The predicted octanol–water partition coefficient (Wildman–Crippen LogP) is 2.73. The van der Waals surface area contributed by atoms with Crippen LogP contribution in [0.3, 0.4) is 0 Å². The summed E-state index contributed by atoms with van der Waals surface area (Å²) in [5, 5.41) is 3.59. The molecule has 0 amide bonds. The van der Waals surface area contributed by atoms with Gasteiger partial charge in [0.1, 0.15) is 0 Å². The summed E-state index contributed by atoms with van der Waals surface area (Å²) in [6.45, 7) is 5.21. The summed E-state index contributed by atoms with van der Waals surface area (Å²) in [6, 6.07) is 0.811. The molecular formula is C12H25NO. The minimum atomic E-state index is 0.811. The van der Waals surface area contributed by atoms with Crippen molar-refractivity contribution >= 4 is 0 Å². The van der Waals surface area contributed by atoms with Crippen LogP contribution in [0.25, 0.3) is 0 Å². The van der Waals surface area contributed by atoms with Gasteiger partial charge in [-0.3, -0.25) is 0 Å². The van der Waals surface area contributed by atoms with Gasteiger partial charge >= 0.3 is 0 Å². The summed E-state index contributed by atoms with van der Waals surface area (Å²) in [6.07, 6.45) is 9.22. The van der Waals surface area contributed by atoms with Crippen LogP contribution >= 0.6 is 0 Å². The van der Waals surface area contributed by atoms with Crippen molar-refractivity contribution in [2.24, 2.45) is 0 Å². The summed E-state index contributed by atoms with van der Waals surface area (Å²) in [4.78, 5) is 0. The van der Waals surface area contributed by atoms with Crippen LogP contribution in [0.5, 0.6) is 0 Å². The molecule has 1 aliphatic carbocycles. The quantitative estimate of drug-likeness (QED) is 0.607. The van der Waals surface area contributed by atoms with E-state index in [0.717, 1.165) is 25.8 Å². The topological polar surface area (TPSA) is 21.3 Å². The van der Waals surface area contributed by atoms with Gasteiger partial charge in [0.25, 0.3) is 0 Å². The second-order valence-corrected chi connectivity index (χ2v) is 4.25. The maximum Gasteiger partial charge on any atom is 0.0478 e. The van der Waals surface area contributed by atoms with Gasteiger partial charge in [-0.2, -0.15) is 0 Å². The molecule has 0 aromatic rings. The average molecular weight is 199 g/mol. The zero-order valence-electron chi connectivity index (χ0n) is 9.56. The maximum absolute atomic E-state index is 5.50. The SMILES string of the molecule is CCCCOCCCNC1CCCC1. The number of nitrogens with one attached hydrogen (secondary N) is 1. The predicted molar refractivity (Wildman–Crippen MR) is 60.6 cm³/mol. The maximum atomic E-state index is 5.50. The minimum absolute atomic E-state index is 0.811. The van der Waals surface area contributed by atoms with Crippen LogP contribution < -0.4 is 5.32 Å². The summed E-state index contributed by atoms with van der Waals surface area (Å²) in [7, 11) is 0. The molecule has 2 heteroatoms. The van der Waals surface area contributed by atoms with E-state index in [-0.39, 0.29) is 0 Å². The monoisotopic (exact) mass is 199 g/mol. The van der Waals surface area contributed by atoms with Crippen molar-refractivity contribution in [1.29, 1.82) is 0 Å². The molecule has 2 nitrogen and oxygen atoms in total. The van der Waals surface area contributed by atoms with E-state index in [2.05, 4.69) is 12.2 Å². The van der Waals surface area contributed by atoms with Gasteiger partial charge in [0.2, 0.25) is 0 Å². The van der Waals surface area contributed by atoms with Gasteiger partial charge in [0, 0.05) is 19.3 Å². The lowest BCUT2D eigenvalue weighted by Gasteiger charge is -2.11. The highest BCUT2D eigenvalue weighted by molar-refractivity contribution is 4.72. The Morgan fingerprint density at radius 1 is 1.14 bits per heavy atom. The molecule has 0 radical (unpaired) electrons. The van der Waals surface area contributed by atoms with Gasteiger partial charge in [-0.25, -0.2) is 0 Å². The van der Waals surface area contributed by atoms with E-state index in [1.165, 1.54) is 44.9 Å². The fraction of sp³-hybridized carbons (Fsp3) is 1.00. The van der Waals surface area contributed by atoms with Crippen LogP contribution in [0.2, 0.25) is 0 Å². The zero-order chi connectivity index (χ0) is 10.1. The van der Waals surface area contributed by atoms with Crippen LogP contribution in [0, 0.1) is 0 Å². The zero-order valence-corrected chi connectivity index (χ0v) is 9.56. The normalized spacial score (nSPS) is 17.8. The molecule has 1 saturated carbocycles. The van der Waals surface area contributed by atoms with Crippen molar-refractivity contribution in [3.05, 3.63) is 0 Å². The molecule has 14 heavy (non-hydrogen) atoms. The van der Waals surface area contributed by atoms with E-state index in [9.17, 15) is 0 Å². The number of ether oxygens (including phenoxy) is 1. The van der Waals surface area contributed by atoms with Gasteiger partial charge in [0.15, 0.2) is 0 Å². The van der Waals surface area contributed by atoms with E-state index in [4.69, 9.17) is 4.74 Å². The average Bonchev–Trinajstić information content (AvgIpc) is 2.69. The Bertz CT molecular complexity index is 121. The molecule has 1 N–H and O–H groups in total. The highest BCUT2D eigenvalue weighted by Crippen LogP contribution is 2.17. The van der Waals surface area contributed by atoms with Gasteiger partial charge < -0.3 is 10.1 Å². The third-order valence-corrected chi connectivity index (χ3v) is 2.90. The fourth-order valence-electron chi connectivity index (χ4n) is 1.96. The Morgan fingerprint density at radius 2 is 1.86 bits per heavy atom. The van der Waals surface area contributed by atoms with Crippen molar-refractivity contribution in [1.82, 2.24) is 5.32 Å². The summed E-state index contributed by atoms with van der Waals surface area (Å²) in [5.41, 5.74) is 0. The van der Waals surface area contributed by atoms with Crippen molar-refractivity contribution in [3.63, 3.8) is 0 Å². The molecule has 0 bridgehead atoms. The largest absolute Gasteiger partial charge is 0.381 e. The lowest BCUT2D eigenvalue weighted by molar-refractivity contribution is 0.128. The van der Waals surface area contributed by atoms with Gasteiger partial charge in [-0.05, 0) is 32.2 Å². The third-order valence-electron chi connectivity index (χ3n) is 2.90. The highest BCUT2D eigenvalue weighted by atomic mass is 16.5. The molecule has 0 saturated heterocycles. The van der Waals surface area contributed by atoms with E-state index in [0.29, 0.717) is 0 Å². The van der Waals surface area contributed by atoms with Crippen LogP contribution in [0.15, 0.2) is 0 Å². The lowest BCUT2D eigenvalue weighted by Crippen LogP contribution is -2.27. The van der Waals surface area contributed by atoms with Crippen molar-refractivity contribution in [3.8, 4) is 0 Å². The molecule has 84 valence electrons. The molecular weight excluding hydrogens is 174 g/mol. The molecule has 0 atom stereocenters. The molecule has 0 spiro atoms. The van der Waals surface area contributed by atoms with Gasteiger partial charge in [0.05, 0.1) is 0 Å². The van der Waals surface area contributed by atoms with Crippen LogP contribution in [-0.4, -0.2) is 25.8 Å². The first-order valence-corrected chi connectivity index (χ1v) is 6.24. The van der Waals surface area contributed by atoms with Crippen LogP contribution in [0.4, 0.5) is 0 Å². The van der Waals surface area contributed by atoms with Crippen LogP contribution in [-0.2, 0) is 4.74 Å². The first-order chi connectivity index (χ1) is 6.93. The van der Waals surface area contributed by atoms with E-state index in [1.807, 2.05) is 0 Å². The van der Waals surface area contributed by atoms with Crippen LogP contribution in [0.1, 0.15) is 51.9 Å². The lowest BCUT2D eigenvalue weighted by atomic mass is 10.2. The number of hydrogen-bond acceptors (Lipinski definition) is 2. The number of hydrogen-bond donors (Lipinski definition) is 1. The number of rotatable bonds is 8. The summed E-state index contributed by atoms with van der Waals surface area (Å²) in [5.74, 6) is 0. The smallest absolute Gasteiger partial charge is 0.0478 e. The minimum Gasteiger partial charge on any atom is -0.381 e. The molecule has 1 aliphatic rings. The molecule has 0 aromatic heterocycles. The summed E-state index contributed by atoms with van der Waals surface area (Å²) >= 11 is 0. The Morgan fingerprint density at radius 3 is 2.57 bits per heavy atom. The first kappa shape index (κ1) is 12.0. The Labute approximate surface area is 88.4 Å². The standard InChI is InChI=1S/C12H25NO/c1-2-3-10-14-11-6-9-13-12-7-4-5-8-12/h12-13H,2-11H2,1H3. The Hall–Kier alpha value is -0.0800. The second-order valence-electron chi connectivity index (χ2n) is 4.25. The van der Waals surface area contributed by atoms with Gasteiger partial charge in [-0.1, -0.05) is 26.2 Å². The molecule has 1 fully saturated rings. The summed E-state index contributed by atoms with van der Waals surface area (Å²) < 4.78 is 5.50. The fourth-order valence-corrected chi connectivity index (χ4v) is 1.96. The third kappa shape index (κ3) is 5.61. The van der Waals surface area contributed by atoms with Gasteiger partial charge in [-0.15, -0.1) is 0 Å². The van der Waals surface area contributed by atoms with Crippen molar-refractivity contribution in [2.45, 2.75) is 57.9 Å². The van der Waals surface area contributed by atoms with E-state index in [1.54, 1.807) is 0 Å². The molecule has 0 unspecified atom stereocenters.